The van der Waals surface area contributed by atoms with E-state index in [4.69, 9.17) is 4.74 Å². The molecule has 3 heteroatoms. The Morgan fingerprint density at radius 3 is 2.56 bits per heavy atom. The number of ether oxygens (including phenoxy) is 1. The summed E-state index contributed by atoms with van der Waals surface area (Å²) >= 11 is 0. The summed E-state index contributed by atoms with van der Waals surface area (Å²) in [6, 6.07) is 0. The molecule has 1 amide bonds. The highest BCUT2D eigenvalue weighted by Crippen LogP contribution is 2.19. The van der Waals surface area contributed by atoms with Crippen LogP contribution in [0.5, 0.6) is 0 Å². The molecule has 0 unspecified atom stereocenters. The molecule has 0 saturated carbocycles. The average Bonchev–Trinajstić information content (AvgIpc) is 2.75. The zero-order chi connectivity index (χ0) is 13.3. The van der Waals surface area contributed by atoms with Crippen molar-refractivity contribution in [3.63, 3.8) is 0 Å². The van der Waals surface area contributed by atoms with Gasteiger partial charge in [-0.05, 0) is 19.3 Å². The van der Waals surface area contributed by atoms with Crippen LogP contribution in [0.1, 0.15) is 65.2 Å². The van der Waals surface area contributed by atoms with Gasteiger partial charge < -0.3 is 10.1 Å². The van der Waals surface area contributed by atoms with Gasteiger partial charge in [-0.25, -0.2) is 4.79 Å². The molecule has 0 aromatic heterocycles. The van der Waals surface area contributed by atoms with Gasteiger partial charge in [0.15, 0.2) is 0 Å². The van der Waals surface area contributed by atoms with E-state index in [2.05, 4.69) is 31.3 Å². The maximum atomic E-state index is 11.1. The molecule has 3 nitrogen and oxygen atoms in total. The molecule has 1 aliphatic heterocycles. The van der Waals surface area contributed by atoms with Gasteiger partial charge in [-0.2, -0.15) is 0 Å². The molecule has 1 heterocycles. The second-order valence-electron chi connectivity index (χ2n) is 5.17. The first-order valence-electron chi connectivity index (χ1n) is 7.35. The Labute approximate surface area is 111 Å². The molecule has 0 spiro atoms. The first-order chi connectivity index (χ1) is 8.72. The molecule has 0 bridgehead atoms. The molecular weight excluding hydrogens is 226 g/mol. The minimum Gasteiger partial charge on any atom is -0.447 e. The van der Waals surface area contributed by atoms with Gasteiger partial charge >= 0.3 is 6.09 Å². The van der Waals surface area contributed by atoms with Crippen molar-refractivity contribution in [2.24, 2.45) is 0 Å². The van der Waals surface area contributed by atoms with Gasteiger partial charge in [0.25, 0.3) is 0 Å². The van der Waals surface area contributed by atoms with E-state index in [1.54, 1.807) is 0 Å². The summed E-state index contributed by atoms with van der Waals surface area (Å²) in [7, 11) is 0. The molecule has 1 saturated heterocycles. The van der Waals surface area contributed by atoms with Crippen LogP contribution in [0.15, 0.2) is 12.2 Å². The number of allylic oxidation sites excluding steroid dienone is 1. The number of unbranched alkanes of at least 4 members (excludes halogenated alkanes) is 6. The number of alkyl carbamates (subject to hydrolysis) is 1. The molecular formula is C15H27NO2. The van der Waals surface area contributed by atoms with E-state index < -0.39 is 0 Å². The maximum absolute atomic E-state index is 11.1. The highest BCUT2D eigenvalue weighted by molar-refractivity contribution is 5.71. The van der Waals surface area contributed by atoms with Crippen LogP contribution in [0, 0.1) is 0 Å². The summed E-state index contributed by atoms with van der Waals surface area (Å²) < 4.78 is 4.98. The van der Waals surface area contributed by atoms with Crippen LogP contribution in [-0.4, -0.2) is 18.2 Å². The minimum absolute atomic E-state index is 0.251. The molecule has 0 aromatic rings. The van der Waals surface area contributed by atoms with E-state index in [9.17, 15) is 4.79 Å². The smallest absolute Gasteiger partial charge is 0.408 e. The summed E-state index contributed by atoms with van der Waals surface area (Å²) in [5.41, 5.74) is -0.251. The first kappa shape index (κ1) is 15.1. The van der Waals surface area contributed by atoms with Crippen LogP contribution in [0.3, 0.4) is 0 Å². The number of rotatable bonds is 9. The van der Waals surface area contributed by atoms with Crippen molar-refractivity contribution in [3.05, 3.63) is 12.2 Å². The summed E-state index contributed by atoms with van der Waals surface area (Å²) in [6.07, 6.45) is 13.9. The number of cyclic esters (lactones) is 1. The molecule has 1 rings (SSSR count). The maximum Gasteiger partial charge on any atom is 0.408 e. The van der Waals surface area contributed by atoms with Crippen molar-refractivity contribution in [2.75, 3.05) is 6.61 Å². The van der Waals surface area contributed by atoms with Crippen LogP contribution < -0.4 is 5.32 Å². The van der Waals surface area contributed by atoms with Crippen molar-refractivity contribution in [3.8, 4) is 0 Å². The number of hydrogen-bond donors (Lipinski definition) is 1. The Kier molecular flexibility index (Phi) is 6.84. The van der Waals surface area contributed by atoms with Crippen molar-refractivity contribution in [2.45, 2.75) is 70.8 Å². The summed E-state index contributed by atoms with van der Waals surface area (Å²) in [6.45, 7) is 4.78. The first-order valence-corrected chi connectivity index (χ1v) is 7.35. The average molecular weight is 253 g/mol. The largest absolute Gasteiger partial charge is 0.447 e. The third kappa shape index (κ3) is 5.11. The Hall–Kier alpha value is -0.990. The normalized spacial score (nSPS) is 23.3. The molecule has 0 radical (unpaired) electrons. The molecule has 0 aliphatic carbocycles. The van der Waals surface area contributed by atoms with E-state index in [1.807, 2.05) is 0 Å². The Bertz CT molecular complexity index is 276. The number of hydrogen-bond acceptors (Lipinski definition) is 2. The summed E-state index contributed by atoms with van der Waals surface area (Å²) in [5, 5.41) is 2.89. The van der Waals surface area contributed by atoms with Crippen LogP contribution in [-0.2, 0) is 4.74 Å². The molecule has 1 fully saturated rings. The van der Waals surface area contributed by atoms with E-state index in [1.165, 1.54) is 38.5 Å². The molecule has 1 atom stereocenters. The van der Waals surface area contributed by atoms with E-state index in [-0.39, 0.29) is 11.6 Å². The zero-order valence-electron chi connectivity index (χ0n) is 11.8. The van der Waals surface area contributed by atoms with Crippen molar-refractivity contribution in [1.29, 1.82) is 0 Å². The lowest BCUT2D eigenvalue weighted by Gasteiger charge is -2.19. The molecule has 1 aliphatic rings. The van der Waals surface area contributed by atoms with Gasteiger partial charge in [0, 0.05) is 0 Å². The zero-order valence-corrected chi connectivity index (χ0v) is 11.8. The van der Waals surface area contributed by atoms with Crippen LogP contribution in [0.2, 0.25) is 0 Å². The SMILES string of the molecule is CCCCCCCCC=C[C@]1(CC)COC(=O)N1. The molecule has 1 N–H and O–H groups in total. The highest BCUT2D eigenvalue weighted by atomic mass is 16.6. The Balaban J connectivity index is 2.13. The number of nitrogens with one attached hydrogen (secondary N) is 1. The predicted molar refractivity (Wildman–Crippen MR) is 74.6 cm³/mol. The lowest BCUT2D eigenvalue weighted by atomic mass is 9.97. The van der Waals surface area contributed by atoms with Gasteiger partial charge in [-0.1, -0.05) is 58.1 Å². The van der Waals surface area contributed by atoms with Gasteiger partial charge in [-0.3, -0.25) is 0 Å². The second-order valence-corrected chi connectivity index (χ2v) is 5.17. The summed E-state index contributed by atoms with van der Waals surface area (Å²) in [5.74, 6) is 0. The molecule has 104 valence electrons. The summed E-state index contributed by atoms with van der Waals surface area (Å²) in [4.78, 5) is 11.1. The highest BCUT2D eigenvalue weighted by Gasteiger charge is 2.35. The fourth-order valence-electron chi connectivity index (χ4n) is 2.22. The molecule has 0 aromatic carbocycles. The van der Waals surface area contributed by atoms with Gasteiger partial charge in [0.1, 0.15) is 6.61 Å². The number of carbonyl (C=O) groups excluding carboxylic acids is 1. The monoisotopic (exact) mass is 253 g/mol. The van der Waals surface area contributed by atoms with Crippen LogP contribution in [0.25, 0.3) is 0 Å². The quantitative estimate of drug-likeness (QED) is 0.494. The lowest BCUT2D eigenvalue weighted by molar-refractivity contribution is 0.174. The van der Waals surface area contributed by atoms with Gasteiger partial charge in [-0.15, -0.1) is 0 Å². The Morgan fingerprint density at radius 1 is 1.22 bits per heavy atom. The van der Waals surface area contributed by atoms with Crippen LogP contribution >= 0.6 is 0 Å². The third-order valence-electron chi connectivity index (χ3n) is 3.60. The molecule has 18 heavy (non-hydrogen) atoms. The fraction of sp³-hybridized carbons (Fsp3) is 0.800. The topological polar surface area (TPSA) is 38.3 Å². The predicted octanol–water partition coefficient (Wildman–Crippen LogP) is 4.18. The van der Waals surface area contributed by atoms with E-state index >= 15 is 0 Å². The third-order valence-corrected chi connectivity index (χ3v) is 3.60. The second kappa shape index (κ2) is 8.17. The van der Waals surface area contributed by atoms with Crippen molar-refractivity contribution in [1.82, 2.24) is 5.32 Å². The fourth-order valence-corrected chi connectivity index (χ4v) is 2.22. The van der Waals surface area contributed by atoms with E-state index in [0.717, 1.165) is 12.8 Å². The number of amides is 1. The van der Waals surface area contributed by atoms with Gasteiger partial charge in [0.05, 0.1) is 5.54 Å². The van der Waals surface area contributed by atoms with E-state index in [0.29, 0.717) is 6.61 Å². The van der Waals surface area contributed by atoms with Gasteiger partial charge in [0.2, 0.25) is 0 Å². The van der Waals surface area contributed by atoms with Crippen molar-refractivity contribution < 1.29 is 9.53 Å². The van der Waals surface area contributed by atoms with Crippen LogP contribution in [0.4, 0.5) is 4.79 Å². The minimum atomic E-state index is -0.291. The number of carbonyl (C=O) groups is 1. The lowest BCUT2D eigenvalue weighted by Crippen LogP contribution is -2.40. The van der Waals surface area contributed by atoms with Crippen molar-refractivity contribution >= 4 is 6.09 Å². The Morgan fingerprint density at radius 2 is 1.94 bits per heavy atom. The standard InChI is InChI=1S/C15H27NO2/c1-3-5-6-7-8-9-10-11-12-15(4-2)13-18-14(17)16-15/h11-12H,3-10,13H2,1-2H3,(H,16,17)/t15-/m1/s1.